The highest BCUT2D eigenvalue weighted by atomic mass is 15.1. The van der Waals surface area contributed by atoms with Crippen LogP contribution in [-0.2, 0) is 0 Å². The second-order valence-corrected chi connectivity index (χ2v) is 7.64. The van der Waals surface area contributed by atoms with Crippen molar-refractivity contribution in [3.8, 4) is 0 Å². The first-order chi connectivity index (χ1) is 9.28. The lowest BCUT2D eigenvalue weighted by molar-refractivity contribution is 0.185. The predicted octanol–water partition coefficient (Wildman–Crippen LogP) is 2.59. The fourth-order valence-corrected chi connectivity index (χ4v) is 2.96. The Hall–Kier alpha value is -0.380. The minimum absolute atomic E-state index is 0.350. The first kappa shape index (κ1) is 17.7. The molecule has 1 heterocycles. The molecule has 1 fully saturated rings. The van der Waals surface area contributed by atoms with Gasteiger partial charge in [0.05, 0.1) is 0 Å². The summed E-state index contributed by atoms with van der Waals surface area (Å²) >= 11 is 0. The molecule has 0 saturated carbocycles. The van der Waals surface area contributed by atoms with Gasteiger partial charge in [-0.15, -0.1) is 0 Å². The van der Waals surface area contributed by atoms with Gasteiger partial charge in [-0.1, -0.05) is 25.5 Å². The largest absolute Gasteiger partial charge is 0.313 e. The normalized spacial score (nSPS) is 18.6. The standard InChI is InChI=1S/C17H35N3/c1-15(2)7-10-20-11-8-16(9-12-20)18-13-17(3,4)14-19(5)6/h7,16,18H,8-14H2,1-6H3. The van der Waals surface area contributed by atoms with E-state index in [2.05, 4.69) is 63.0 Å². The molecule has 1 N–H and O–H groups in total. The zero-order chi connectivity index (χ0) is 15.2. The van der Waals surface area contributed by atoms with Crippen LogP contribution in [0.3, 0.4) is 0 Å². The summed E-state index contributed by atoms with van der Waals surface area (Å²) in [5, 5.41) is 3.78. The molecule has 0 radical (unpaired) electrons. The van der Waals surface area contributed by atoms with E-state index in [1.54, 1.807) is 0 Å². The summed E-state index contributed by atoms with van der Waals surface area (Å²) in [7, 11) is 4.31. The van der Waals surface area contributed by atoms with Crippen LogP contribution in [0.1, 0.15) is 40.5 Å². The molecule has 1 aliphatic rings. The summed E-state index contributed by atoms with van der Waals surface area (Å²) < 4.78 is 0. The van der Waals surface area contributed by atoms with E-state index in [1.165, 1.54) is 31.5 Å². The molecule has 118 valence electrons. The fourth-order valence-electron chi connectivity index (χ4n) is 2.96. The third-order valence-corrected chi connectivity index (χ3v) is 3.96. The van der Waals surface area contributed by atoms with E-state index in [1.807, 2.05) is 0 Å². The highest BCUT2D eigenvalue weighted by Crippen LogP contribution is 2.17. The maximum absolute atomic E-state index is 3.78. The smallest absolute Gasteiger partial charge is 0.0165 e. The van der Waals surface area contributed by atoms with Crippen LogP contribution in [0, 0.1) is 5.41 Å². The molecule has 0 aromatic heterocycles. The number of rotatable bonds is 7. The second-order valence-electron chi connectivity index (χ2n) is 7.64. The number of nitrogens with zero attached hydrogens (tertiary/aromatic N) is 2. The van der Waals surface area contributed by atoms with Gasteiger partial charge in [0.15, 0.2) is 0 Å². The molecule has 20 heavy (non-hydrogen) atoms. The van der Waals surface area contributed by atoms with Crippen LogP contribution in [0.5, 0.6) is 0 Å². The van der Waals surface area contributed by atoms with Gasteiger partial charge in [-0.2, -0.15) is 0 Å². The molecule has 3 nitrogen and oxygen atoms in total. The molecule has 0 spiro atoms. The Bertz CT molecular complexity index is 295. The van der Waals surface area contributed by atoms with Gasteiger partial charge in [0.1, 0.15) is 0 Å². The van der Waals surface area contributed by atoms with Crippen LogP contribution >= 0.6 is 0 Å². The fraction of sp³-hybridized carbons (Fsp3) is 0.882. The average Bonchev–Trinajstić information content (AvgIpc) is 2.33. The van der Waals surface area contributed by atoms with Crippen molar-refractivity contribution in [2.45, 2.75) is 46.6 Å². The van der Waals surface area contributed by atoms with Crippen LogP contribution in [0.15, 0.2) is 11.6 Å². The van der Waals surface area contributed by atoms with Gasteiger partial charge in [-0.3, -0.25) is 4.90 Å². The van der Waals surface area contributed by atoms with Gasteiger partial charge in [0, 0.05) is 25.7 Å². The van der Waals surface area contributed by atoms with Gasteiger partial charge < -0.3 is 10.2 Å². The van der Waals surface area contributed by atoms with Gasteiger partial charge in [-0.25, -0.2) is 0 Å². The summed E-state index contributed by atoms with van der Waals surface area (Å²) in [5.74, 6) is 0. The van der Waals surface area contributed by atoms with Crippen molar-refractivity contribution in [3.63, 3.8) is 0 Å². The van der Waals surface area contributed by atoms with E-state index in [0.717, 1.165) is 19.6 Å². The monoisotopic (exact) mass is 281 g/mol. The molecular weight excluding hydrogens is 246 g/mol. The van der Waals surface area contributed by atoms with E-state index in [4.69, 9.17) is 0 Å². The maximum Gasteiger partial charge on any atom is 0.0165 e. The van der Waals surface area contributed by atoms with Crippen molar-refractivity contribution < 1.29 is 0 Å². The lowest BCUT2D eigenvalue weighted by Crippen LogP contribution is -2.46. The summed E-state index contributed by atoms with van der Waals surface area (Å²) in [4.78, 5) is 4.85. The minimum Gasteiger partial charge on any atom is -0.313 e. The number of hydrogen-bond acceptors (Lipinski definition) is 3. The highest BCUT2D eigenvalue weighted by molar-refractivity contribution is 4.95. The predicted molar refractivity (Wildman–Crippen MR) is 89.2 cm³/mol. The molecule has 1 saturated heterocycles. The van der Waals surface area contributed by atoms with E-state index < -0.39 is 0 Å². The Kier molecular flexibility index (Phi) is 7.21. The summed E-state index contributed by atoms with van der Waals surface area (Å²) in [6, 6.07) is 0.708. The molecule has 0 atom stereocenters. The zero-order valence-corrected chi connectivity index (χ0v) is 14.5. The minimum atomic E-state index is 0.350. The van der Waals surface area contributed by atoms with Gasteiger partial charge in [0.25, 0.3) is 0 Å². The molecule has 1 rings (SSSR count). The number of piperidine rings is 1. The van der Waals surface area contributed by atoms with E-state index >= 15 is 0 Å². The highest BCUT2D eigenvalue weighted by Gasteiger charge is 2.23. The molecule has 0 aromatic carbocycles. The average molecular weight is 281 g/mol. The van der Waals surface area contributed by atoms with Crippen molar-refractivity contribution in [2.75, 3.05) is 46.8 Å². The lowest BCUT2D eigenvalue weighted by Gasteiger charge is -2.35. The molecule has 1 aliphatic heterocycles. The number of allylic oxidation sites excluding steroid dienone is 1. The molecule has 0 bridgehead atoms. The van der Waals surface area contributed by atoms with Gasteiger partial charge >= 0.3 is 0 Å². The van der Waals surface area contributed by atoms with Gasteiger partial charge in [0.2, 0.25) is 0 Å². The van der Waals surface area contributed by atoms with Crippen LogP contribution < -0.4 is 5.32 Å². The third kappa shape index (κ3) is 7.41. The number of hydrogen-bond donors (Lipinski definition) is 1. The van der Waals surface area contributed by atoms with Crippen molar-refractivity contribution in [3.05, 3.63) is 11.6 Å². The van der Waals surface area contributed by atoms with Crippen molar-refractivity contribution in [2.24, 2.45) is 5.41 Å². The molecule has 3 heteroatoms. The number of likely N-dealkylation sites (tertiary alicyclic amines) is 1. The Labute approximate surface area is 126 Å². The van der Waals surface area contributed by atoms with Crippen molar-refractivity contribution in [1.29, 1.82) is 0 Å². The zero-order valence-electron chi connectivity index (χ0n) is 14.5. The Morgan fingerprint density at radius 3 is 2.35 bits per heavy atom. The molecule has 0 amide bonds. The summed E-state index contributed by atoms with van der Waals surface area (Å²) in [6.07, 6.45) is 4.91. The van der Waals surface area contributed by atoms with Gasteiger partial charge in [-0.05, 0) is 59.3 Å². The number of nitrogens with one attached hydrogen (secondary N) is 1. The first-order valence-corrected chi connectivity index (χ1v) is 8.02. The SMILES string of the molecule is CC(C)=CCN1CCC(NCC(C)(C)CN(C)C)CC1. The molecular formula is C17H35N3. The topological polar surface area (TPSA) is 18.5 Å². The molecule has 0 aliphatic carbocycles. The van der Waals surface area contributed by atoms with Crippen LogP contribution in [-0.4, -0.2) is 62.7 Å². The Balaban J connectivity index is 2.24. The van der Waals surface area contributed by atoms with E-state index in [-0.39, 0.29) is 0 Å². The second kappa shape index (κ2) is 8.16. The van der Waals surface area contributed by atoms with E-state index in [9.17, 15) is 0 Å². The van der Waals surface area contributed by atoms with Crippen molar-refractivity contribution >= 4 is 0 Å². The maximum atomic E-state index is 3.78. The van der Waals surface area contributed by atoms with Crippen molar-refractivity contribution in [1.82, 2.24) is 15.1 Å². The summed E-state index contributed by atoms with van der Waals surface area (Å²) in [6.45, 7) is 14.9. The van der Waals surface area contributed by atoms with Crippen LogP contribution in [0.25, 0.3) is 0 Å². The summed E-state index contributed by atoms with van der Waals surface area (Å²) in [5.41, 5.74) is 1.78. The first-order valence-electron chi connectivity index (χ1n) is 8.02. The lowest BCUT2D eigenvalue weighted by atomic mass is 9.92. The third-order valence-electron chi connectivity index (χ3n) is 3.96. The molecule has 0 unspecified atom stereocenters. The van der Waals surface area contributed by atoms with E-state index in [0.29, 0.717) is 11.5 Å². The van der Waals surface area contributed by atoms with Crippen LogP contribution in [0.4, 0.5) is 0 Å². The van der Waals surface area contributed by atoms with Crippen LogP contribution in [0.2, 0.25) is 0 Å². The Morgan fingerprint density at radius 2 is 1.85 bits per heavy atom. The molecule has 0 aromatic rings. The quantitative estimate of drug-likeness (QED) is 0.724. The Morgan fingerprint density at radius 1 is 1.25 bits per heavy atom.